The predicted molar refractivity (Wildman–Crippen MR) is 103 cm³/mol. The van der Waals surface area contributed by atoms with E-state index in [1.807, 2.05) is 30.3 Å². The molecule has 0 aromatic heterocycles. The Kier molecular flexibility index (Phi) is 5.74. The fraction of sp³-hybridized carbons (Fsp3) is 0.381. The number of hydrogen-bond acceptors (Lipinski definition) is 6. The Hall–Kier alpha value is -2.89. The summed E-state index contributed by atoms with van der Waals surface area (Å²) in [6.45, 7) is 0. The first-order chi connectivity index (χ1) is 13.1. The van der Waals surface area contributed by atoms with Gasteiger partial charge >= 0.3 is 0 Å². The van der Waals surface area contributed by atoms with Crippen LogP contribution in [0.25, 0.3) is 0 Å². The van der Waals surface area contributed by atoms with Crippen LogP contribution in [0.4, 0.5) is 0 Å². The molecule has 1 aliphatic rings. The highest BCUT2D eigenvalue weighted by Crippen LogP contribution is 2.37. The number of aryl methyl sites for hydroxylation is 1. The minimum atomic E-state index is 0.0960. The summed E-state index contributed by atoms with van der Waals surface area (Å²) in [5.74, 6) is 2.80. The van der Waals surface area contributed by atoms with Gasteiger partial charge in [-0.05, 0) is 54.7 Å². The van der Waals surface area contributed by atoms with Crippen LogP contribution in [-0.4, -0.2) is 39.4 Å². The fourth-order valence-electron chi connectivity index (χ4n) is 3.68. The molecule has 0 saturated carbocycles. The van der Waals surface area contributed by atoms with E-state index >= 15 is 0 Å². The summed E-state index contributed by atoms with van der Waals surface area (Å²) >= 11 is 0. The highest BCUT2D eigenvalue weighted by atomic mass is 16.5. The average molecular weight is 371 g/mol. The summed E-state index contributed by atoms with van der Waals surface area (Å²) in [5.41, 5.74) is 3.78. The summed E-state index contributed by atoms with van der Waals surface area (Å²) in [5, 5.41) is 13.4. The largest absolute Gasteiger partial charge is 0.493 e. The Morgan fingerprint density at radius 2 is 1.52 bits per heavy atom. The molecule has 1 atom stereocenters. The van der Waals surface area contributed by atoms with Crippen molar-refractivity contribution in [2.24, 2.45) is 11.1 Å². The zero-order chi connectivity index (χ0) is 19.4. The number of benzene rings is 2. The number of fused-ring (bicyclic) bond motifs is 1. The lowest BCUT2D eigenvalue weighted by molar-refractivity contribution is 0.313. The average Bonchev–Trinajstić information content (AvgIpc) is 2.72. The van der Waals surface area contributed by atoms with Crippen molar-refractivity contribution < 1.29 is 24.2 Å². The second kappa shape index (κ2) is 8.20. The molecule has 3 rings (SSSR count). The quantitative estimate of drug-likeness (QED) is 0.619. The Bertz CT molecular complexity index is 847. The molecule has 144 valence electrons. The molecule has 2 aromatic rings. The van der Waals surface area contributed by atoms with E-state index in [0.29, 0.717) is 28.7 Å². The van der Waals surface area contributed by atoms with Crippen molar-refractivity contribution in [1.82, 2.24) is 0 Å². The Morgan fingerprint density at radius 1 is 0.889 bits per heavy atom. The highest BCUT2D eigenvalue weighted by molar-refractivity contribution is 6.04. The zero-order valence-electron chi connectivity index (χ0n) is 16.1. The summed E-state index contributed by atoms with van der Waals surface area (Å²) in [6.07, 6.45) is 2.51. The standard InChI is InChI=1S/C21H25NO5/c1-24-17-8-5-13(10-18(17)25-2)9-15-7-6-14-11-19(26-3)20(27-4)12-16(14)21(15)22-23/h5,8,10-12,15,23H,6-7,9H2,1-4H3/b22-21+. The van der Waals surface area contributed by atoms with E-state index in [4.69, 9.17) is 18.9 Å². The second-order valence-corrected chi connectivity index (χ2v) is 6.48. The van der Waals surface area contributed by atoms with Gasteiger partial charge in [-0.1, -0.05) is 11.2 Å². The third-order valence-corrected chi connectivity index (χ3v) is 5.07. The first-order valence-corrected chi connectivity index (χ1v) is 8.83. The Morgan fingerprint density at radius 3 is 2.15 bits per heavy atom. The van der Waals surface area contributed by atoms with Crippen LogP contribution < -0.4 is 18.9 Å². The SMILES string of the molecule is COc1ccc(CC2CCc3cc(OC)c(OC)cc3/C2=N/O)cc1OC. The molecule has 2 aromatic carbocycles. The minimum absolute atomic E-state index is 0.0960. The molecular weight excluding hydrogens is 346 g/mol. The maximum Gasteiger partial charge on any atom is 0.161 e. The zero-order valence-corrected chi connectivity index (χ0v) is 16.1. The van der Waals surface area contributed by atoms with Crippen molar-refractivity contribution in [3.8, 4) is 23.0 Å². The summed E-state index contributed by atoms with van der Waals surface area (Å²) < 4.78 is 21.5. The van der Waals surface area contributed by atoms with Crippen molar-refractivity contribution in [3.05, 3.63) is 47.0 Å². The number of rotatable bonds is 6. The van der Waals surface area contributed by atoms with E-state index in [1.54, 1.807) is 28.4 Å². The van der Waals surface area contributed by atoms with E-state index in [-0.39, 0.29) is 5.92 Å². The van der Waals surface area contributed by atoms with Crippen molar-refractivity contribution in [3.63, 3.8) is 0 Å². The lowest BCUT2D eigenvalue weighted by Crippen LogP contribution is -2.25. The molecule has 0 heterocycles. The molecule has 0 spiro atoms. The summed E-state index contributed by atoms with van der Waals surface area (Å²) in [7, 11) is 6.46. The Balaban J connectivity index is 1.91. The molecule has 27 heavy (non-hydrogen) atoms. The van der Waals surface area contributed by atoms with Crippen molar-refractivity contribution in [1.29, 1.82) is 0 Å². The van der Waals surface area contributed by atoms with Crippen molar-refractivity contribution in [2.75, 3.05) is 28.4 Å². The van der Waals surface area contributed by atoms with Gasteiger partial charge in [0.05, 0.1) is 34.2 Å². The molecule has 0 fully saturated rings. The normalized spacial score (nSPS) is 17.3. The van der Waals surface area contributed by atoms with Crippen LogP contribution in [0.1, 0.15) is 23.1 Å². The van der Waals surface area contributed by atoms with Gasteiger partial charge < -0.3 is 24.2 Å². The van der Waals surface area contributed by atoms with Gasteiger partial charge in [-0.2, -0.15) is 0 Å². The highest BCUT2D eigenvalue weighted by Gasteiger charge is 2.28. The molecule has 0 bridgehead atoms. The maximum absolute atomic E-state index is 9.73. The molecule has 6 nitrogen and oxygen atoms in total. The summed E-state index contributed by atoms with van der Waals surface area (Å²) in [6, 6.07) is 9.74. The number of hydrogen-bond donors (Lipinski definition) is 1. The number of methoxy groups -OCH3 is 4. The van der Waals surface area contributed by atoms with Crippen LogP contribution in [0, 0.1) is 5.92 Å². The van der Waals surface area contributed by atoms with Gasteiger partial charge in [-0.15, -0.1) is 0 Å². The van der Waals surface area contributed by atoms with E-state index in [0.717, 1.165) is 36.0 Å². The van der Waals surface area contributed by atoms with Crippen LogP contribution in [0.15, 0.2) is 35.5 Å². The van der Waals surface area contributed by atoms with E-state index < -0.39 is 0 Å². The van der Waals surface area contributed by atoms with Gasteiger partial charge in [-0.3, -0.25) is 0 Å². The van der Waals surface area contributed by atoms with E-state index in [9.17, 15) is 5.21 Å². The van der Waals surface area contributed by atoms with Crippen LogP contribution in [0.2, 0.25) is 0 Å². The van der Waals surface area contributed by atoms with Gasteiger partial charge in [0.15, 0.2) is 23.0 Å². The van der Waals surface area contributed by atoms with Crippen molar-refractivity contribution in [2.45, 2.75) is 19.3 Å². The molecule has 1 aliphatic carbocycles. The van der Waals surface area contributed by atoms with Gasteiger partial charge in [0.25, 0.3) is 0 Å². The molecule has 0 radical (unpaired) electrons. The predicted octanol–water partition coefficient (Wildman–Crippen LogP) is 3.70. The second-order valence-electron chi connectivity index (χ2n) is 6.48. The van der Waals surface area contributed by atoms with Crippen LogP contribution in [0.3, 0.4) is 0 Å². The van der Waals surface area contributed by atoms with Gasteiger partial charge in [0.1, 0.15) is 0 Å². The minimum Gasteiger partial charge on any atom is -0.493 e. The smallest absolute Gasteiger partial charge is 0.161 e. The van der Waals surface area contributed by atoms with Crippen LogP contribution in [0.5, 0.6) is 23.0 Å². The van der Waals surface area contributed by atoms with Gasteiger partial charge in [0, 0.05) is 11.5 Å². The molecule has 6 heteroatoms. The molecular formula is C21H25NO5. The van der Waals surface area contributed by atoms with E-state index in [1.165, 1.54) is 0 Å². The fourth-order valence-corrected chi connectivity index (χ4v) is 3.68. The first-order valence-electron chi connectivity index (χ1n) is 8.83. The number of nitrogens with zero attached hydrogens (tertiary/aromatic N) is 1. The number of oxime groups is 1. The van der Waals surface area contributed by atoms with Crippen molar-refractivity contribution >= 4 is 5.71 Å². The Labute approximate surface area is 159 Å². The van der Waals surface area contributed by atoms with Crippen LogP contribution >= 0.6 is 0 Å². The summed E-state index contributed by atoms with van der Waals surface area (Å²) in [4.78, 5) is 0. The molecule has 0 aliphatic heterocycles. The lowest BCUT2D eigenvalue weighted by Gasteiger charge is -2.27. The third-order valence-electron chi connectivity index (χ3n) is 5.07. The lowest BCUT2D eigenvalue weighted by atomic mass is 9.79. The van der Waals surface area contributed by atoms with Gasteiger partial charge in [0.2, 0.25) is 0 Å². The van der Waals surface area contributed by atoms with Crippen LogP contribution in [-0.2, 0) is 12.8 Å². The maximum atomic E-state index is 9.73. The molecule has 1 N–H and O–H groups in total. The molecule has 1 unspecified atom stereocenters. The van der Waals surface area contributed by atoms with Gasteiger partial charge in [-0.25, -0.2) is 0 Å². The monoisotopic (exact) mass is 371 g/mol. The first kappa shape index (κ1) is 18.9. The molecule has 0 saturated heterocycles. The third kappa shape index (κ3) is 3.65. The number of ether oxygens (including phenoxy) is 4. The van der Waals surface area contributed by atoms with E-state index in [2.05, 4.69) is 5.16 Å². The topological polar surface area (TPSA) is 69.5 Å². The molecule has 0 amide bonds.